The van der Waals surface area contributed by atoms with E-state index in [-0.39, 0.29) is 5.56 Å². The Kier molecular flexibility index (Phi) is 5.96. The lowest BCUT2D eigenvalue weighted by Crippen LogP contribution is -2.01. The number of benzene rings is 1. The van der Waals surface area contributed by atoms with Gasteiger partial charge < -0.3 is 5.11 Å². The first-order valence-electron chi connectivity index (χ1n) is 3.78. The van der Waals surface area contributed by atoms with E-state index < -0.39 is 29.1 Å². The van der Waals surface area contributed by atoms with Gasteiger partial charge in [-0.25, -0.2) is 13.2 Å². The van der Waals surface area contributed by atoms with Crippen LogP contribution >= 0.6 is 11.6 Å². The molecule has 1 rings (SSSR count). The molecule has 2 nitrogen and oxygen atoms in total. The van der Waals surface area contributed by atoms with Gasteiger partial charge in [-0.2, -0.15) is 0 Å². The van der Waals surface area contributed by atoms with Crippen molar-refractivity contribution in [1.82, 2.24) is 0 Å². The number of carbonyl (C=O) groups excluding carboxylic acids is 1. The van der Waals surface area contributed by atoms with Crippen LogP contribution in [-0.4, -0.2) is 17.5 Å². The van der Waals surface area contributed by atoms with Crippen LogP contribution in [-0.2, 0) is 11.2 Å². The van der Waals surface area contributed by atoms with Crippen LogP contribution in [0.1, 0.15) is 5.56 Å². The van der Waals surface area contributed by atoms with Crippen LogP contribution in [0.5, 0.6) is 0 Å². The lowest BCUT2D eigenvalue weighted by Gasteiger charge is -2.00. The van der Waals surface area contributed by atoms with Crippen LogP contribution in [0.2, 0.25) is 0 Å². The predicted molar refractivity (Wildman–Crippen MR) is 49.0 cm³/mol. The third-order valence-electron chi connectivity index (χ3n) is 1.44. The van der Waals surface area contributed by atoms with Crippen LogP contribution in [0.3, 0.4) is 0 Å². The first-order valence-corrected chi connectivity index (χ1v) is 4.15. The van der Waals surface area contributed by atoms with E-state index in [1.54, 1.807) is 0 Å². The van der Waals surface area contributed by atoms with Gasteiger partial charge in [-0.05, 0) is 23.2 Å². The fourth-order valence-corrected chi connectivity index (χ4v) is 0.996. The fourth-order valence-electron chi connectivity index (χ4n) is 0.852. The van der Waals surface area contributed by atoms with Crippen LogP contribution in [0.4, 0.5) is 13.2 Å². The predicted octanol–water partition coefficient (Wildman–Crippen LogP) is 2.02. The number of rotatable bonds is 2. The molecule has 0 bridgehead atoms. The average Bonchev–Trinajstić information content (AvgIpc) is 2.22. The van der Waals surface area contributed by atoms with Gasteiger partial charge in [-0.3, -0.25) is 4.79 Å². The summed E-state index contributed by atoms with van der Waals surface area (Å²) < 4.78 is 37.7. The second-order valence-corrected chi connectivity index (χ2v) is 2.79. The Morgan fingerprint density at radius 2 is 1.80 bits per heavy atom. The van der Waals surface area contributed by atoms with Crippen molar-refractivity contribution in [3.8, 4) is 0 Å². The number of halogens is 4. The molecule has 0 aliphatic carbocycles. The largest absolute Gasteiger partial charge is 0.400 e. The minimum Gasteiger partial charge on any atom is -0.400 e. The summed E-state index contributed by atoms with van der Waals surface area (Å²) in [4.78, 5) is 10.3. The smallest absolute Gasteiger partial charge is 0.226 e. The Morgan fingerprint density at radius 3 is 2.27 bits per heavy atom. The van der Waals surface area contributed by atoms with E-state index in [0.29, 0.717) is 0 Å². The highest BCUT2D eigenvalue weighted by Crippen LogP contribution is 2.16. The van der Waals surface area contributed by atoms with Crippen LogP contribution in [0, 0.1) is 17.5 Å². The van der Waals surface area contributed by atoms with Gasteiger partial charge in [0.2, 0.25) is 5.24 Å². The van der Waals surface area contributed by atoms with Crippen molar-refractivity contribution >= 4 is 16.8 Å². The minimum atomic E-state index is -1.59. The summed E-state index contributed by atoms with van der Waals surface area (Å²) >= 11 is 4.95. The summed E-state index contributed by atoms with van der Waals surface area (Å²) in [7, 11) is 1.00. The Labute approximate surface area is 89.3 Å². The minimum absolute atomic E-state index is 0.251. The zero-order valence-electron chi connectivity index (χ0n) is 7.73. The van der Waals surface area contributed by atoms with E-state index in [2.05, 4.69) is 0 Å². The molecule has 0 radical (unpaired) electrons. The summed E-state index contributed by atoms with van der Waals surface area (Å²) in [6.45, 7) is 0. The van der Waals surface area contributed by atoms with Crippen molar-refractivity contribution in [2.24, 2.45) is 0 Å². The van der Waals surface area contributed by atoms with E-state index in [9.17, 15) is 18.0 Å². The van der Waals surface area contributed by atoms with Gasteiger partial charge >= 0.3 is 0 Å². The van der Waals surface area contributed by atoms with Gasteiger partial charge in [0.05, 0.1) is 0 Å². The first kappa shape index (κ1) is 13.9. The maximum absolute atomic E-state index is 12.8. The summed E-state index contributed by atoms with van der Waals surface area (Å²) in [5.74, 6) is -4.24. The molecule has 0 unspecified atom stereocenters. The summed E-state index contributed by atoms with van der Waals surface area (Å²) in [5, 5.41) is 6.17. The van der Waals surface area contributed by atoms with Gasteiger partial charge in [-0.15, -0.1) is 0 Å². The van der Waals surface area contributed by atoms with Crippen molar-refractivity contribution in [3.63, 3.8) is 0 Å². The maximum atomic E-state index is 12.8. The van der Waals surface area contributed by atoms with Crippen molar-refractivity contribution in [1.29, 1.82) is 0 Å². The number of aliphatic hydroxyl groups is 1. The average molecular weight is 241 g/mol. The Hall–Kier alpha value is -1.07. The van der Waals surface area contributed by atoms with Gasteiger partial charge in [0.15, 0.2) is 17.5 Å². The second kappa shape index (κ2) is 6.42. The maximum Gasteiger partial charge on any atom is 0.226 e. The van der Waals surface area contributed by atoms with E-state index in [0.717, 1.165) is 19.2 Å². The lowest BCUT2D eigenvalue weighted by molar-refractivity contribution is -0.111. The molecule has 0 saturated heterocycles. The first-order chi connectivity index (χ1) is 7.02. The van der Waals surface area contributed by atoms with Gasteiger partial charge in [0.1, 0.15) is 0 Å². The molecule has 0 spiro atoms. The lowest BCUT2D eigenvalue weighted by atomic mass is 10.1. The molecule has 0 aliphatic rings. The van der Waals surface area contributed by atoms with E-state index >= 15 is 0 Å². The van der Waals surface area contributed by atoms with Crippen molar-refractivity contribution in [2.75, 3.05) is 7.11 Å². The third kappa shape index (κ3) is 3.89. The Bertz CT molecular complexity index is 355. The van der Waals surface area contributed by atoms with Crippen molar-refractivity contribution in [3.05, 3.63) is 35.1 Å². The van der Waals surface area contributed by atoms with Crippen LogP contribution < -0.4 is 0 Å². The number of hydrogen-bond acceptors (Lipinski definition) is 2. The summed E-state index contributed by atoms with van der Waals surface area (Å²) in [6, 6.07) is 1.72. The van der Waals surface area contributed by atoms with Crippen LogP contribution in [0.15, 0.2) is 12.1 Å². The summed E-state index contributed by atoms with van der Waals surface area (Å²) in [6.07, 6.45) is -0.454. The third-order valence-corrected chi connectivity index (χ3v) is 1.58. The number of hydrogen-bond donors (Lipinski definition) is 1. The highest BCUT2D eigenvalue weighted by atomic mass is 35.5. The fraction of sp³-hybridized carbons (Fsp3) is 0.222. The number of aliphatic hydroxyl groups excluding tert-OH is 1. The molecule has 0 amide bonds. The normalized spacial score (nSPS) is 9.20. The molecule has 0 aliphatic heterocycles. The van der Waals surface area contributed by atoms with E-state index in [4.69, 9.17) is 16.7 Å². The quantitative estimate of drug-likeness (QED) is 0.634. The molecule has 0 heterocycles. The standard InChI is InChI=1S/C8H4ClF3O.CH4O/c9-6(13)3-4-1-2-5(10)8(12)7(4)11;1-2/h1-2H,3H2;2H,1H3. The summed E-state index contributed by atoms with van der Waals surface area (Å²) in [5.41, 5.74) is -0.251. The number of carbonyl (C=O) groups is 1. The van der Waals surface area contributed by atoms with Crippen LogP contribution in [0.25, 0.3) is 0 Å². The molecule has 0 atom stereocenters. The Balaban J connectivity index is 0.000000921. The van der Waals surface area contributed by atoms with Gasteiger partial charge in [0.25, 0.3) is 0 Å². The van der Waals surface area contributed by atoms with Gasteiger partial charge in [-0.1, -0.05) is 6.07 Å². The monoisotopic (exact) mass is 240 g/mol. The highest BCUT2D eigenvalue weighted by Gasteiger charge is 2.14. The zero-order chi connectivity index (χ0) is 12.0. The molecule has 0 fully saturated rings. The SMILES string of the molecule is CO.O=C(Cl)Cc1ccc(F)c(F)c1F. The molecule has 0 saturated carbocycles. The second-order valence-electron chi connectivity index (χ2n) is 2.37. The zero-order valence-corrected chi connectivity index (χ0v) is 8.49. The molecule has 1 N–H and O–H groups in total. The highest BCUT2D eigenvalue weighted by molar-refractivity contribution is 6.63. The van der Waals surface area contributed by atoms with Crippen molar-refractivity contribution < 1.29 is 23.1 Å². The van der Waals surface area contributed by atoms with Crippen molar-refractivity contribution in [2.45, 2.75) is 6.42 Å². The molecule has 6 heteroatoms. The molecule has 1 aromatic rings. The molecule has 0 aromatic heterocycles. The van der Waals surface area contributed by atoms with E-state index in [1.165, 1.54) is 0 Å². The van der Waals surface area contributed by atoms with E-state index in [1.807, 2.05) is 0 Å². The Morgan fingerprint density at radius 1 is 1.27 bits per heavy atom. The topological polar surface area (TPSA) is 37.3 Å². The molecule has 1 aromatic carbocycles. The molecule has 84 valence electrons. The van der Waals surface area contributed by atoms with Gasteiger partial charge in [0, 0.05) is 13.5 Å². The molecular weight excluding hydrogens is 233 g/mol. The molecular formula is C9H8ClF3O2. The molecule has 15 heavy (non-hydrogen) atoms.